The van der Waals surface area contributed by atoms with Gasteiger partial charge in [0.1, 0.15) is 5.75 Å². The molecule has 0 aliphatic carbocycles. The smallest absolute Gasteiger partial charge is 0.127 e. The largest absolute Gasteiger partial charge is 0.507 e. The van der Waals surface area contributed by atoms with Crippen LogP contribution in [0.2, 0.25) is 0 Å². The van der Waals surface area contributed by atoms with Crippen LogP contribution < -0.4 is 5.32 Å². The van der Waals surface area contributed by atoms with Crippen LogP contribution in [0.25, 0.3) is 23.0 Å². The monoisotopic (exact) mass is 387 g/mol. The van der Waals surface area contributed by atoms with Crippen LogP contribution in [0.3, 0.4) is 0 Å². The van der Waals surface area contributed by atoms with E-state index in [0.29, 0.717) is 17.3 Å². The molecule has 2 fully saturated rings. The molecule has 2 aliphatic rings. The summed E-state index contributed by atoms with van der Waals surface area (Å²) in [6.45, 7) is 2.33. The van der Waals surface area contributed by atoms with Crippen LogP contribution in [0, 0.1) is 0 Å². The van der Waals surface area contributed by atoms with Crippen molar-refractivity contribution in [2.75, 3.05) is 0 Å². The lowest BCUT2D eigenvalue weighted by Crippen LogP contribution is -2.55. The summed E-state index contributed by atoms with van der Waals surface area (Å²) >= 11 is 0. The minimum absolute atomic E-state index is 0.177. The summed E-state index contributed by atoms with van der Waals surface area (Å²) in [5.41, 5.74) is 4.74. The van der Waals surface area contributed by atoms with E-state index in [4.69, 9.17) is 0 Å². The first-order valence-corrected chi connectivity index (χ1v) is 10.2. The van der Waals surface area contributed by atoms with E-state index < -0.39 is 0 Å². The number of nitrogens with zero attached hydrogens (tertiary/aromatic N) is 4. The predicted molar refractivity (Wildman–Crippen MR) is 113 cm³/mol. The van der Waals surface area contributed by atoms with Gasteiger partial charge in [0, 0.05) is 35.6 Å². The molecule has 5 rings (SSSR count). The molecule has 1 aromatic carbocycles. The van der Waals surface area contributed by atoms with Gasteiger partial charge in [-0.3, -0.25) is 0 Å². The fraction of sp³-hybridized carbons (Fsp3) is 0.348. The highest BCUT2D eigenvalue weighted by Crippen LogP contribution is 2.37. The zero-order valence-electron chi connectivity index (χ0n) is 16.5. The van der Waals surface area contributed by atoms with E-state index in [-0.39, 0.29) is 11.3 Å². The van der Waals surface area contributed by atoms with Gasteiger partial charge >= 0.3 is 0 Å². The first-order valence-electron chi connectivity index (χ1n) is 10.2. The molecule has 6 heteroatoms. The first kappa shape index (κ1) is 18.1. The van der Waals surface area contributed by atoms with Crippen molar-refractivity contribution in [2.24, 2.45) is 0 Å². The summed E-state index contributed by atoms with van der Waals surface area (Å²) < 4.78 is 1.85. The molecule has 2 N–H and O–H groups in total. The third-order valence-corrected chi connectivity index (χ3v) is 6.06. The van der Waals surface area contributed by atoms with Crippen molar-refractivity contribution in [2.45, 2.75) is 50.6 Å². The molecule has 2 aliphatic heterocycles. The van der Waals surface area contributed by atoms with E-state index in [0.717, 1.165) is 24.2 Å². The standard InChI is InChI=1S/C23H25N5O/c1-23-8-2-3-17(25-23)11-16(14-23)12-18-4-7-21(27-26-18)20-6-5-19(13-22(20)29)28-10-9-24-15-28/h4-7,9-10,12-13,15,17,25,29H,2-3,8,11,14H2,1H3/b16-12+/t17?,23-/m0/s1. The summed E-state index contributed by atoms with van der Waals surface area (Å²) in [6, 6.07) is 10.0. The van der Waals surface area contributed by atoms with Crippen molar-refractivity contribution in [3.63, 3.8) is 0 Å². The van der Waals surface area contributed by atoms with Crippen LogP contribution >= 0.6 is 0 Å². The third kappa shape index (κ3) is 3.68. The van der Waals surface area contributed by atoms with Gasteiger partial charge in [-0.1, -0.05) is 12.0 Å². The molecule has 0 amide bonds. The molecule has 0 saturated carbocycles. The molecule has 29 heavy (non-hydrogen) atoms. The molecule has 2 bridgehead atoms. The van der Waals surface area contributed by atoms with Crippen LogP contribution in [-0.4, -0.2) is 36.4 Å². The summed E-state index contributed by atoms with van der Waals surface area (Å²) in [5.74, 6) is 0.177. The average molecular weight is 387 g/mol. The number of nitrogens with one attached hydrogen (secondary N) is 1. The van der Waals surface area contributed by atoms with E-state index >= 15 is 0 Å². The van der Waals surface area contributed by atoms with Crippen molar-refractivity contribution in [1.29, 1.82) is 0 Å². The maximum Gasteiger partial charge on any atom is 0.127 e. The number of phenolic OH excluding ortho intramolecular Hbond substituents is 1. The number of aromatic nitrogens is 4. The molecular weight excluding hydrogens is 362 g/mol. The Labute approximate surface area is 170 Å². The molecule has 0 radical (unpaired) electrons. The fourth-order valence-electron chi connectivity index (χ4n) is 4.75. The van der Waals surface area contributed by atoms with Gasteiger partial charge < -0.3 is 15.0 Å². The highest BCUT2D eigenvalue weighted by atomic mass is 16.3. The summed E-state index contributed by atoms with van der Waals surface area (Å²) in [4.78, 5) is 4.04. The van der Waals surface area contributed by atoms with Crippen LogP contribution in [0.15, 0.2) is 54.6 Å². The molecular formula is C23H25N5O. The van der Waals surface area contributed by atoms with Crippen LogP contribution in [0.4, 0.5) is 0 Å². The molecule has 148 valence electrons. The lowest BCUT2D eigenvalue weighted by molar-refractivity contribution is 0.192. The second kappa shape index (κ2) is 7.12. The molecule has 3 aromatic rings. The van der Waals surface area contributed by atoms with Gasteiger partial charge in [-0.25, -0.2) is 4.98 Å². The van der Waals surface area contributed by atoms with Gasteiger partial charge in [0.05, 0.1) is 23.4 Å². The van der Waals surface area contributed by atoms with E-state index in [9.17, 15) is 5.11 Å². The van der Waals surface area contributed by atoms with Crippen LogP contribution in [0.1, 0.15) is 44.7 Å². The second-order valence-electron chi connectivity index (χ2n) is 8.49. The van der Waals surface area contributed by atoms with E-state index in [1.54, 1.807) is 18.6 Å². The third-order valence-electron chi connectivity index (χ3n) is 6.06. The lowest BCUT2D eigenvalue weighted by Gasteiger charge is -2.45. The molecule has 2 aromatic heterocycles. The van der Waals surface area contributed by atoms with E-state index in [1.807, 2.05) is 35.0 Å². The minimum atomic E-state index is 0.177. The van der Waals surface area contributed by atoms with Crippen LogP contribution in [-0.2, 0) is 0 Å². The highest BCUT2D eigenvalue weighted by Gasteiger charge is 2.36. The number of rotatable bonds is 3. The molecule has 4 heterocycles. The van der Waals surface area contributed by atoms with Gasteiger partial charge in [0.25, 0.3) is 0 Å². The van der Waals surface area contributed by atoms with Gasteiger partial charge in [-0.2, -0.15) is 5.10 Å². The Morgan fingerprint density at radius 1 is 1.24 bits per heavy atom. The zero-order valence-corrected chi connectivity index (χ0v) is 16.5. The van der Waals surface area contributed by atoms with Gasteiger partial charge in [0.2, 0.25) is 0 Å². The van der Waals surface area contributed by atoms with Crippen molar-refractivity contribution in [1.82, 2.24) is 25.1 Å². The molecule has 6 nitrogen and oxygen atoms in total. The quantitative estimate of drug-likeness (QED) is 0.707. The zero-order chi connectivity index (χ0) is 19.8. The Morgan fingerprint density at radius 3 is 2.90 bits per heavy atom. The minimum Gasteiger partial charge on any atom is -0.507 e. The average Bonchev–Trinajstić information content (AvgIpc) is 3.23. The van der Waals surface area contributed by atoms with Crippen molar-refractivity contribution >= 4 is 6.08 Å². The Kier molecular flexibility index (Phi) is 4.43. The first-order chi connectivity index (χ1) is 14.1. The number of piperidine rings is 2. The predicted octanol–water partition coefficient (Wildman–Crippen LogP) is 4.11. The van der Waals surface area contributed by atoms with Gasteiger partial charge in [-0.05, 0) is 62.9 Å². The molecule has 0 spiro atoms. The molecule has 2 atom stereocenters. The maximum absolute atomic E-state index is 10.5. The Morgan fingerprint density at radius 2 is 2.17 bits per heavy atom. The van der Waals surface area contributed by atoms with Crippen molar-refractivity contribution < 1.29 is 5.11 Å². The van der Waals surface area contributed by atoms with Gasteiger partial charge in [0.15, 0.2) is 0 Å². The number of imidazole rings is 1. The summed E-state index contributed by atoms with van der Waals surface area (Å²) in [5, 5.41) is 23.0. The highest BCUT2D eigenvalue weighted by molar-refractivity contribution is 5.69. The molecule has 2 saturated heterocycles. The maximum atomic E-state index is 10.5. The number of benzene rings is 1. The Balaban J connectivity index is 1.37. The second-order valence-corrected chi connectivity index (χ2v) is 8.49. The van der Waals surface area contributed by atoms with Crippen LogP contribution in [0.5, 0.6) is 5.75 Å². The van der Waals surface area contributed by atoms with Gasteiger partial charge in [-0.15, -0.1) is 5.10 Å². The van der Waals surface area contributed by atoms with E-state index in [2.05, 4.69) is 33.5 Å². The Bertz CT molecular complexity index is 1040. The topological polar surface area (TPSA) is 75.9 Å². The fourth-order valence-corrected chi connectivity index (χ4v) is 4.75. The number of hydrogen-bond acceptors (Lipinski definition) is 5. The van der Waals surface area contributed by atoms with E-state index in [1.165, 1.54) is 24.8 Å². The number of hydrogen-bond donors (Lipinski definition) is 2. The number of phenols is 1. The summed E-state index contributed by atoms with van der Waals surface area (Å²) in [6.07, 6.45) is 13.4. The lowest BCUT2D eigenvalue weighted by atomic mass is 9.75. The summed E-state index contributed by atoms with van der Waals surface area (Å²) in [7, 11) is 0. The van der Waals surface area contributed by atoms with Crippen molar-refractivity contribution in [3.8, 4) is 22.7 Å². The molecule has 1 unspecified atom stereocenters. The Hall–Kier alpha value is -2.99. The SMILES string of the molecule is C[C@]12CCCC(C/C(=C\c3ccc(-c4ccc(-n5ccnc5)cc4O)nn3)C1)N2. The van der Waals surface area contributed by atoms with Crippen molar-refractivity contribution in [3.05, 3.63) is 60.3 Å². The number of aromatic hydroxyl groups is 1. The normalized spacial score (nSPS) is 25.3. The number of fused-ring (bicyclic) bond motifs is 2.